The van der Waals surface area contributed by atoms with Crippen molar-refractivity contribution in [2.45, 2.75) is 6.92 Å². The second kappa shape index (κ2) is 8.29. The van der Waals surface area contributed by atoms with E-state index in [1.807, 2.05) is 0 Å². The van der Waals surface area contributed by atoms with Crippen LogP contribution in [0.3, 0.4) is 0 Å². The number of hydrogen-bond acceptors (Lipinski definition) is 4. The second-order valence-corrected chi connectivity index (χ2v) is 4.06. The van der Waals surface area contributed by atoms with Gasteiger partial charge in [-0.2, -0.15) is 0 Å². The van der Waals surface area contributed by atoms with Crippen LogP contribution in [-0.4, -0.2) is 42.3 Å². The van der Waals surface area contributed by atoms with E-state index in [2.05, 4.69) is 4.74 Å². The monoisotopic (exact) mass is 296 g/mol. The average Bonchev–Trinajstić information content (AvgIpc) is 2.32. The molecule has 0 aliphatic heterocycles. The van der Waals surface area contributed by atoms with Crippen LogP contribution in [0.4, 0.5) is 0 Å². The fourth-order valence-corrected chi connectivity index (χ4v) is 1.42. The molecule has 1 N–H and O–H groups in total. The van der Waals surface area contributed by atoms with Gasteiger partial charge in [-0.1, -0.05) is 23.2 Å². The number of esters is 1. The summed E-state index contributed by atoms with van der Waals surface area (Å²) in [6.45, 7) is 1.67. The van der Waals surface area contributed by atoms with Gasteiger partial charge in [0, 0.05) is 11.6 Å². The fourth-order valence-electron chi connectivity index (χ4n) is 1.12. The number of halogens is 2. The van der Waals surface area contributed by atoms with E-state index in [-0.39, 0.29) is 41.8 Å². The van der Waals surface area contributed by atoms with Crippen molar-refractivity contribution >= 4 is 59.6 Å². The summed E-state index contributed by atoms with van der Waals surface area (Å²) < 4.78 is 4.49. The van der Waals surface area contributed by atoms with Crippen molar-refractivity contribution in [3.05, 3.63) is 39.9 Å². The maximum absolute atomic E-state index is 11.3. The minimum absolute atomic E-state index is 0. The predicted molar refractivity (Wildman–Crippen MR) is 75.9 cm³/mol. The zero-order chi connectivity index (χ0) is 13.7. The molecule has 1 rings (SSSR count). The fraction of sp³-hybridized carbons (Fsp3) is 0.167. The van der Waals surface area contributed by atoms with E-state index in [1.54, 1.807) is 6.92 Å². The molecule has 4 nitrogen and oxygen atoms in total. The van der Waals surface area contributed by atoms with Crippen LogP contribution < -0.4 is 0 Å². The van der Waals surface area contributed by atoms with Gasteiger partial charge in [-0.15, -0.1) is 0 Å². The molecule has 0 heterocycles. The van der Waals surface area contributed by atoms with Gasteiger partial charge in [0.1, 0.15) is 5.76 Å². The van der Waals surface area contributed by atoms with Gasteiger partial charge in [0.15, 0.2) is 0 Å². The van der Waals surface area contributed by atoms with E-state index in [4.69, 9.17) is 23.2 Å². The van der Waals surface area contributed by atoms with Crippen molar-refractivity contribution < 1.29 is 19.4 Å². The van der Waals surface area contributed by atoms with Crippen LogP contribution >= 0.6 is 23.2 Å². The molecule has 0 bridgehead atoms. The van der Waals surface area contributed by atoms with Gasteiger partial charge in [-0.3, -0.25) is 4.79 Å². The number of hydrogen-bond donors (Lipinski definition) is 1. The van der Waals surface area contributed by atoms with E-state index >= 15 is 0 Å². The van der Waals surface area contributed by atoms with E-state index in [1.165, 1.54) is 18.2 Å². The summed E-state index contributed by atoms with van der Waals surface area (Å²) in [5.41, 5.74) is 0.280. The third-order valence-electron chi connectivity index (χ3n) is 1.96. The van der Waals surface area contributed by atoms with Crippen molar-refractivity contribution in [1.82, 2.24) is 0 Å². The van der Waals surface area contributed by atoms with Crippen molar-refractivity contribution in [3.8, 4) is 0 Å². The van der Waals surface area contributed by atoms with Crippen LogP contribution in [-0.2, 0) is 14.3 Å². The molecule has 0 fully saturated rings. The SMILES string of the molecule is CCOC(=O)C(=O)C=C(O)c1ccc(Cl)c(Cl)c1.[LiH]. The zero-order valence-electron chi connectivity index (χ0n) is 9.44. The van der Waals surface area contributed by atoms with Crippen molar-refractivity contribution in [2.75, 3.05) is 6.61 Å². The molecule has 19 heavy (non-hydrogen) atoms. The molecule has 7 heteroatoms. The summed E-state index contributed by atoms with van der Waals surface area (Å²) in [5.74, 6) is -2.35. The Balaban J connectivity index is 0.00000324. The topological polar surface area (TPSA) is 63.6 Å². The van der Waals surface area contributed by atoms with Crippen LogP contribution in [0.5, 0.6) is 0 Å². The maximum atomic E-state index is 11.3. The van der Waals surface area contributed by atoms with E-state index in [9.17, 15) is 14.7 Å². The number of carbonyl (C=O) groups is 2. The van der Waals surface area contributed by atoms with Crippen LogP contribution in [0.1, 0.15) is 12.5 Å². The third-order valence-corrected chi connectivity index (χ3v) is 2.70. The second-order valence-electron chi connectivity index (χ2n) is 3.24. The molecule has 98 valence electrons. The number of rotatable bonds is 4. The molecule has 0 amide bonds. The Morgan fingerprint density at radius 1 is 1.32 bits per heavy atom. The summed E-state index contributed by atoms with van der Waals surface area (Å²) in [5, 5.41) is 10.2. The zero-order valence-corrected chi connectivity index (χ0v) is 11.0. The Labute approximate surface area is 132 Å². The normalized spacial score (nSPS) is 10.6. The first-order valence-corrected chi connectivity index (χ1v) is 5.78. The van der Waals surface area contributed by atoms with E-state index in [0.717, 1.165) is 6.08 Å². The van der Waals surface area contributed by atoms with Gasteiger partial charge in [-0.05, 0) is 25.1 Å². The van der Waals surface area contributed by atoms with Gasteiger partial charge in [-0.25, -0.2) is 4.79 Å². The molecule has 1 aromatic rings. The number of ether oxygens (including phenoxy) is 1. The number of aliphatic hydroxyl groups excluding tert-OH is 1. The molecule has 0 aromatic heterocycles. The van der Waals surface area contributed by atoms with Crippen LogP contribution in [0.15, 0.2) is 24.3 Å². The molecular weight excluding hydrogens is 286 g/mol. The number of aliphatic hydroxyl groups is 1. The van der Waals surface area contributed by atoms with E-state index < -0.39 is 11.8 Å². The summed E-state index contributed by atoms with van der Waals surface area (Å²) >= 11 is 11.5. The van der Waals surface area contributed by atoms with Gasteiger partial charge >= 0.3 is 24.8 Å². The predicted octanol–water partition coefficient (Wildman–Crippen LogP) is 2.38. The summed E-state index contributed by atoms with van der Waals surface area (Å²) in [7, 11) is 0. The standard InChI is InChI=1S/C12H10Cl2O4.Li.H/c1-2-18-12(17)11(16)6-10(15)7-3-4-8(13)9(14)5-7;;/h3-6,15H,2H2,1H3;;. The molecule has 0 spiro atoms. The quantitative estimate of drug-likeness (QED) is 0.305. The Kier molecular flexibility index (Phi) is 7.89. The van der Waals surface area contributed by atoms with Gasteiger partial charge in [0.05, 0.1) is 16.7 Å². The number of carbonyl (C=O) groups excluding carboxylic acids is 2. The number of benzene rings is 1. The van der Waals surface area contributed by atoms with Crippen molar-refractivity contribution in [3.63, 3.8) is 0 Å². The Morgan fingerprint density at radius 2 is 1.95 bits per heavy atom. The minimum atomic E-state index is -1.02. The molecular formula is C12H11Cl2LiO4. The van der Waals surface area contributed by atoms with Crippen molar-refractivity contribution in [1.29, 1.82) is 0 Å². The van der Waals surface area contributed by atoms with Crippen LogP contribution in [0.2, 0.25) is 10.0 Å². The number of ketones is 1. The Bertz CT molecular complexity index is 514. The summed E-state index contributed by atoms with van der Waals surface area (Å²) in [6, 6.07) is 4.32. The Hall–Kier alpha value is -0.923. The molecule has 1 aromatic carbocycles. The first-order chi connectivity index (χ1) is 8.45. The third kappa shape index (κ3) is 5.29. The molecule has 0 unspecified atom stereocenters. The molecule has 0 saturated carbocycles. The van der Waals surface area contributed by atoms with Gasteiger partial charge < -0.3 is 9.84 Å². The first kappa shape index (κ1) is 18.1. The molecule has 0 aliphatic rings. The Morgan fingerprint density at radius 3 is 2.47 bits per heavy atom. The first-order valence-electron chi connectivity index (χ1n) is 5.03. The average molecular weight is 297 g/mol. The molecule has 0 saturated heterocycles. The van der Waals surface area contributed by atoms with Gasteiger partial charge in [0.25, 0.3) is 5.78 Å². The van der Waals surface area contributed by atoms with Crippen LogP contribution in [0.25, 0.3) is 5.76 Å². The van der Waals surface area contributed by atoms with E-state index in [0.29, 0.717) is 5.02 Å². The molecule has 0 radical (unpaired) electrons. The summed E-state index contributed by atoms with van der Waals surface area (Å²) in [6.07, 6.45) is 0.775. The van der Waals surface area contributed by atoms with Gasteiger partial charge in [0.2, 0.25) is 0 Å². The molecule has 0 atom stereocenters. The molecule has 0 aliphatic carbocycles. The summed E-state index contributed by atoms with van der Waals surface area (Å²) in [4.78, 5) is 22.4. The van der Waals surface area contributed by atoms with Crippen LogP contribution in [0, 0.1) is 0 Å². The van der Waals surface area contributed by atoms with Crippen molar-refractivity contribution in [2.24, 2.45) is 0 Å².